The van der Waals surface area contributed by atoms with Crippen molar-refractivity contribution in [3.63, 3.8) is 0 Å². The second-order valence-electron chi connectivity index (χ2n) is 21.3. The number of rotatable bonds is 58. The molecule has 1 atom stereocenters. The summed E-state index contributed by atoms with van der Waals surface area (Å²) in [5.41, 5.74) is 0. The number of hydrogen-bond donors (Lipinski definition) is 0. The SMILES string of the molecule is CC/C=C\C/C=C\C/C=C\C/C=C\C/C=C\CCCCCCCCCCCCCCCCCC(=O)OCC(COC(=O)CCCCCCCCCCCCCC)OC(=O)CCCCCCC/C=C\C/C=C\C/C=C\CC. The topological polar surface area (TPSA) is 78.9 Å². The van der Waals surface area contributed by atoms with E-state index < -0.39 is 6.10 Å². The molecule has 0 aromatic carbocycles. The summed E-state index contributed by atoms with van der Waals surface area (Å²) in [6, 6.07) is 0. The van der Waals surface area contributed by atoms with Crippen molar-refractivity contribution in [2.75, 3.05) is 13.2 Å². The third-order valence-electron chi connectivity index (χ3n) is 13.8. The molecular weight excluding hydrogens is 937 g/mol. The van der Waals surface area contributed by atoms with Crippen molar-refractivity contribution >= 4 is 17.9 Å². The van der Waals surface area contributed by atoms with Crippen molar-refractivity contribution in [1.29, 1.82) is 0 Å². The number of allylic oxidation sites excluding steroid dienone is 16. The Morgan fingerprint density at radius 2 is 0.513 bits per heavy atom. The monoisotopic (exact) mass is 1060 g/mol. The summed E-state index contributed by atoms with van der Waals surface area (Å²) in [5.74, 6) is -0.887. The van der Waals surface area contributed by atoms with Gasteiger partial charge in [0.05, 0.1) is 0 Å². The van der Waals surface area contributed by atoms with Crippen molar-refractivity contribution in [3.05, 3.63) is 97.2 Å². The van der Waals surface area contributed by atoms with Crippen LogP contribution in [0.15, 0.2) is 97.2 Å². The van der Waals surface area contributed by atoms with E-state index in [9.17, 15) is 14.4 Å². The molecule has 0 spiro atoms. The molecule has 0 N–H and O–H groups in total. The standard InChI is InChI=1S/C70H120O6/c1-4-7-10-13-16-19-22-25-27-28-29-30-31-32-33-34-35-36-37-38-39-40-41-42-44-45-48-51-54-57-60-63-69(72)75-66-67(65-74-68(71)62-59-56-53-50-47-24-21-18-15-12-9-6-3)76-70(73)64-61-58-55-52-49-46-43-26-23-20-17-14-11-8-5-2/h7-8,10-11,16-17,19-20,25-27,29-30,32-33,43,67H,4-6,9,12-15,18,21-24,28,31,34-42,44-66H2,1-3H3/b10-7-,11-8-,19-16-,20-17-,27-25-,30-29-,33-32-,43-26-. The highest BCUT2D eigenvalue weighted by Crippen LogP contribution is 2.17. The molecule has 0 aliphatic rings. The summed E-state index contributed by atoms with van der Waals surface area (Å²) in [6.45, 7) is 6.42. The molecule has 6 heteroatoms. The third kappa shape index (κ3) is 61.2. The van der Waals surface area contributed by atoms with Crippen molar-refractivity contribution < 1.29 is 28.6 Å². The molecule has 436 valence electrons. The molecule has 0 aromatic rings. The van der Waals surface area contributed by atoms with Crippen LogP contribution in [0.4, 0.5) is 0 Å². The first-order valence-electron chi connectivity index (χ1n) is 32.2. The minimum atomic E-state index is -0.784. The van der Waals surface area contributed by atoms with Gasteiger partial charge >= 0.3 is 17.9 Å². The Kier molecular flexibility index (Phi) is 60.8. The highest BCUT2D eigenvalue weighted by atomic mass is 16.6. The molecule has 0 radical (unpaired) electrons. The van der Waals surface area contributed by atoms with Crippen LogP contribution in [0.25, 0.3) is 0 Å². The van der Waals surface area contributed by atoms with Crippen LogP contribution < -0.4 is 0 Å². The average Bonchev–Trinajstić information content (AvgIpc) is 3.42. The maximum Gasteiger partial charge on any atom is 0.306 e. The molecule has 0 fully saturated rings. The van der Waals surface area contributed by atoms with Crippen LogP contribution in [0.2, 0.25) is 0 Å². The van der Waals surface area contributed by atoms with Gasteiger partial charge in [-0.05, 0) is 96.3 Å². The van der Waals surface area contributed by atoms with E-state index in [1.54, 1.807) is 0 Å². The molecule has 0 rings (SSSR count). The summed E-state index contributed by atoms with van der Waals surface area (Å²) < 4.78 is 16.9. The van der Waals surface area contributed by atoms with Gasteiger partial charge in [-0.3, -0.25) is 14.4 Å². The molecule has 0 saturated heterocycles. The third-order valence-corrected chi connectivity index (χ3v) is 13.8. The van der Waals surface area contributed by atoms with Gasteiger partial charge in [-0.15, -0.1) is 0 Å². The Morgan fingerprint density at radius 3 is 0.803 bits per heavy atom. The van der Waals surface area contributed by atoms with Crippen molar-refractivity contribution in [2.24, 2.45) is 0 Å². The van der Waals surface area contributed by atoms with Crippen LogP contribution in [0.3, 0.4) is 0 Å². The Labute approximate surface area is 470 Å². The second kappa shape index (κ2) is 63.9. The maximum atomic E-state index is 12.9. The van der Waals surface area contributed by atoms with E-state index in [4.69, 9.17) is 14.2 Å². The normalized spacial score (nSPS) is 12.7. The van der Waals surface area contributed by atoms with Gasteiger partial charge in [0.1, 0.15) is 13.2 Å². The quantitative estimate of drug-likeness (QED) is 0.0261. The number of unbranched alkanes of at least 4 members (excludes halogenated alkanes) is 31. The molecule has 0 aliphatic carbocycles. The molecule has 0 amide bonds. The molecule has 0 saturated carbocycles. The molecule has 0 aliphatic heterocycles. The van der Waals surface area contributed by atoms with Gasteiger partial charge in [0.15, 0.2) is 6.10 Å². The summed E-state index contributed by atoms with van der Waals surface area (Å²) in [4.78, 5) is 38.2. The van der Waals surface area contributed by atoms with Crippen molar-refractivity contribution in [1.82, 2.24) is 0 Å². The zero-order valence-electron chi connectivity index (χ0n) is 50.0. The summed E-state index contributed by atoms with van der Waals surface area (Å²) >= 11 is 0. The van der Waals surface area contributed by atoms with Gasteiger partial charge in [0.2, 0.25) is 0 Å². The van der Waals surface area contributed by atoms with Crippen LogP contribution in [-0.4, -0.2) is 37.2 Å². The lowest BCUT2D eigenvalue weighted by Crippen LogP contribution is -2.30. The largest absolute Gasteiger partial charge is 0.462 e. The van der Waals surface area contributed by atoms with E-state index in [2.05, 4.69) is 118 Å². The van der Waals surface area contributed by atoms with Gasteiger partial charge in [0, 0.05) is 19.3 Å². The van der Waals surface area contributed by atoms with Crippen LogP contribution >= 0.6 is 0 Å². The summed E-state index contributed by atoms with van der Waals surface area (Å²) in [5, 5.41) is 0. The van der Waals surface area contributed by atoms with Crippen LogP contribution in [0.5, 0.6) is 0 Å². The lowest BCUT2D eigenvalue weighted by Gasteiger charge is -2.18. The van der Waals surface area contributed by atoms with E-state index in [0.717, 1.165) is 128 Å². The first-order valence-corrected chi connectivity index (χ1v) is 32.2. The highest BCUT2D eigenvalue weighted by Gasteiger charge is 2.19. The van der Waals surface area contributed by atoms with Gasteiger partial charge < -0.3 is 14.2 Å². The Bertz CT molecular complexity index is 1490. The minimum absolute atomic E-state index is 0.0806. The maximum absolute atomic E-state index is 12.9. The fourth-order valence-corrected chi connectivity index (χ4v) is 9.07. The van der Waals surface area contributed by atoms with Crippen LogP contribution in [0, 0.1) is 0 Å². The molecular formula is C70H120O6. The van der Waals surface area contributed by atoms with Crippen molar-refractivity contribution in [3.8, 4) is 0 Å². The number of ether oxygens (including phenoxy) is 3. The highest BCUT2D eigenvalue weighted by molar-refractivity contribution is 5.71. The predicted molar refractivity (Wildman–Crippen MR) is 330 cm³/mol. The molecule has 6 nitrogen and oxygen atoms in total. The smallest absolute Gasteiger partial charge is 0.306 e. The molecule has 0 aromatic heterocycles. The summed E-state index contributed by atoms with van der Waals surface area (Å²) in [7, 11) is 0. The lowest BCUT2D eigenvalue weighted by molar-refractivity contribution is -0.167. The van der Waals surface area contributed by atoms with Gasteiger partial charge in [0.25, 0.3) is 0 Å². The zero-order chi connectivity index (χ0) is 55.0. The van der Waals surface area contributed by atoms with Gasteiger partial charge in [-0.25, -0.2) is 0 Å². The number of hydrogen-bond acceptors (Lipinski definition) is 6. The Balaban J connectivity index is 4.18. The Hall–Kier alpha value is -3.67. The fraction of sp³-hybridized carbons (Fsp3) is 0.729. The number of esters is 3. The van der Waals surface area contributed by atoms with Gasteiger partial charge in [-0.2, -0.15) is 0 Å². The second-order valence-corrected chi connectivity index (χ2v) is 21.3. The lowest BCUT2D eigenvalue weighted by atomic mass is 10.0. The van der Waals surface area contributed by atoms with E-state index in [1.165, 1.54) is 141 Å². The fourth-order valence-electron chi connectivity index (χ4n) is 9.07. The van der Waals surface area contributed by atoms with E-state index in [1.807, 2.05) is 0 Å². The van der Waals surface area contributed by atoms with E-state index >= 15 is 0 Å². The molecule has 1 unspecified atom stereocenters. The van der Waals surface area contributed by atoms with Crippen LogP contribution in [-0.2, 0) is 28.6 Å². The molecule has 0 heterocycles. The average molecular weight is 1060 g/mol. The first kappa shape index (κ1) is 72.3. The number of carbonyl (C=O) groups is 3. The van der Waals surface area contributed by atoms with Gasteiger partial charge in [-0.1, -0.05) is 291 Å². The van der Waals surface area contributed by atoms with E-state index in [-0.39, 0.29) is 31.1 Å². The Morgan fingerprint density at radius 1 is 0.276 bits per heavy atom. The number of carbonyl (C=O) groups excluding carboxylic acids is 3. The predicted octanol–water partition coefficient (Wildman–Crippen LogP) is 22.0. The molecule has 0 bridgehead atoms. The van der Waals surface area contributed by atoms with Crippen molar-refractivity contribution in [2.45, 2.75) is 316 Å². The molecule has 76 heavy (non-hydrogen) atoms. The first-order chi connectivity index (χ1) is 37.5. The summed E-state index contributed by atoms with van der Waals surface area (Å²) in [6.07, 6.45) is 85.7. The zero-order valence-corrected chi connectivity index (χ0v) is 50.0. The van der Waals surface area contributed by atoms with E-state index in [0.29, 0.717) is 19.3 Å². The van der Waals surface area contributed by atoms with Crippen LogP contribution in [0.1, 0.15) is 310 Å². The minimum Gasteiger partial charge on any atom is -0.462 e.